The third kappa shape index (κ3) is 2.54. The molecule has 0 radical (unpaired) electrons. The van der Waals surface area contributed by atoms with Crippen LogP contribution in [0.15, 0.2) is 36.9 Å². The first-order valence-electron chi connectivity index (χ1n) is 8.88. The van der Waals surface area contributed by atoms with Crippen molar-refractivity contribution in [2.75, 3.05) is 32.1 Å². The van der Waals surface area contributed by atoms with Crippen LogP contribution in [0.4, 0.5) is 5.69 Å². The maximum atomic E-state index is 11.2. The molecule has 0 saturated carbocycles. The van der Waals surface area contributed by atoms with E-state index in [-0.39, 0.29) is 6.04 Å². The maximum absolute atomic E-state index is 11.2. The first kappa shape index (κ1) is 15.7. The van der Waals surface area contributed by atoms with Crippen LogP contribution in [-0.4, -0.2) is 48.9 Å². The van der Waals surface area contributed by atoms with Gasteiger partial charge in [0.25, 0.3) is 0 Å². The van der Waals surface area contributed by atoms with Gasteiger partial charge in [-0.05, 0) is 55.0 Å². The topological polar surface area (TPSA) is 44.7 Å². The number of fused-ring (bicyclic) bond motifs is 4. The summed E-state index contributed by atoms with van der Waals surface area (Å²) >= 11 is 0. The zero-order valence-corrected chi connectivity index (χ0v) is 14.2. The smallest absolute Gasteiger partial charge is 0.119 e. The van der Waals surface area contributed by atoms with Gasteiger partial charge < -0.3 is 15.2 Å². The summed E-state index contributed by atoms with van der Waals surface area (Å²) in [5.41, 5.74) is 3.18. The molecule has 4 aliphatic rings. The van der Waals surface area contributed by atoms with Crippen molar-refractivity contribution in [1.82, 2.24) is 4.90 Å². The van der Waals surface area contributed by atoms with E-state index < -0.39 is 6.10 Å². The number of methoxy groups -OCH3 is 1. The predicted octanol–water partition coefficient (Wildman–Crippen LogP) is 2.76. The fraction of sp³-hybridized carbons (Fsp3) is 0.500. The normalized spacial score (nSPS) is 32.3. The summed E-state index contributed by atoms with van der Waals surface area (Å²) in [6, 6.07) is 6.24. The number of hydrogen-bond acceptors (Lipinski definition) is 4. The Morgan fingerprint density at radius 2 is 2.33 bits per heavy atom. The molecular formula is C20H26N2O2. The Kier molecular flexibility index (Phi) is 4.10. The van der Waals surface area contributed by atoms with Crippen molar-refractivity contribution in [2.24, 2.45) is 11.8 Å². The summed E-state index contributed by atoms with van der Waals surface area (Å²) in [7, 11) is 1.68. The van der Waals surface area contributed by atoms with Gasteiger partial charge in [0, 0.05) is 30.4 Å². The van der Waals surface area contributed by atoms with Gasteiger partial charge >= 0.3 is 0 Å². The number of anilines is 1. The number of rotatable bonds is 4. The first-order valence-corrected chi connectivity index (χ1v) is 8.88. The molecule has 2 bridgehead atoms. The molecular weight excluding hydrogens is 300 g/mol. The van der Waals surface area contributed by atoms with Crippen LogP contribution in [0.2, 0.25) is 0 Å². The van der Waals surface area contributed by atoms with Gasteiger partial charge in [0.15, 0.2) is 0 Å². The van der Waals surface area contributed by atoms with E-state index in [0.717, 1.165) is 48.6 Å². The van der Waals surface area contributed by atoms with Crippen molar-refractivity contribution < 1.29 is 9.84 Å². The van der Waals surface area contributed by atoms with E-state index in [1.54, 1.807) is 7.11 Å². The van der Waals surface area contributed by atoms with Crippen molar-refractivity contribution in [1.29, 1.82) is 0 Å². The molecule has 0 aliphatic carbocycles. The number of nitrogens with one attached hydrogen (secondary N) is 1. The molecule has 2 N–H and O–H groups in total. The lowest BCUT2D eigenvalue weighted by molar-refractivity contribution is -0.0254. The molecule has 4 nitrogen and oxygen atoms in total. The van der Waals surface area contributed by atoms with E-state index in [1.165, 1.54) is 6.42 Å². The van der Waals surface area contributed by atoms with Crippen LogP contribution in [0.1, 0.15) is 18.4 Å². The molecule has 4 heteroatoms. The molecule has 1 aromatic rings. The van der Waals surface area contributed by atoms with Crippen LogP contribution in [0, 0.1) is 11.8 Å². The second kappa shape index (κ2) is 6.26. The number of ether oxygens (including phenoxy) is 1. The maximum Gasteiger partial charge on any atom is 0.119 e. The molecule has 4 aliphatic heterocycles. The molecule has 24 heavy (non-hydrogen) atoms. The molecule has 1 aromatic carbocycles. The highest BCUT2D eigenvalue weighted by molar-refractivity contribution is 5.82. The number of aliphatic hydroxyl groups excluding tert-OH is 1. The van der Waals surface area contributed by atoms with Crippen LogP contribution in [0.5, 0.6) is 5.75 Å². The SMILES string of the molecule is C=CC1CN2CC[C@H]1CC2[C@@H](O)C1=CCNc2ccc(OC)cc21. The van der Waals surface area contributed by atoms with Gasteiger partial charge in [-0.1, -0.05) is 12.2 Å². The largest absolute Gasteiger partial charge is 0.497 e. The Morgan fingerprint density at radius 3 is 3.04 bits per heavy atom. The van der Waals surface area contributed by atoms with Crippen molar-refractivity contribution >= 4 is 11.3 Å². The quantitative estimate of drug-likeness (QED) is 0.835. The molecule has 5 rings (SSSR count). The van der Waals surface area contributed by atoms with Gasteiger partial charge in [-0.3, -0.25) is 4.90 Å². The standard InChI is InChI=1S/C20H26N2O2/c1-3-13-12-22-9-7-14(13)10-19(22)20(23)16-6-8-21-18-5-4-15(24-2)11-17(16)18/h3-6,11,13-14,19-21,23H,1,7-10,12H2,2H3/t13?,14-,19?,20-/m0/s1. The van der Waals surface area contributed by atoms with Gasteiger partial charge in [0.1, 0.15) is 5.75 Å². The number of hydrogen-bond donors (Lipinski definition) is 2. The minimum atomic E-state index is -0.452. The molecule has 3 fully saturated rings. The lowest BCUT2D eigenvalue weighted by atomic mass is 9.73. The number of nitrogens with zero attached hydrogens (tertiary/aromatic N) is 1. The predicted molar refractivity (Wildman–Crippen MR) is 97.2 cm³/mol. The highest BCUT2D eigenvalue weighted by Gasteiger charge is 2.42. The second-order valence-corrected chi connectivity index (χ2v) is 7.14. The highest BCUT2D eigenvalue weighted by atomic mass is 16.5. The Balaban J connectivity index is 1.61. The Morgan fingerprint density at radius 1 is 1.46 bits per heavy atom. The van der Waals surface area contributed by atoms with Gasteiger partial charge in [-0.25, -0.2) is 0 Å². The molecule has 0 spiro atoms. The summed E-state index contributed by atoms with van der Waals surface area (Å²) in [5, 5.41) is 14.6. The summed E-state index contributed by atoms with van der Waals surface area (Å²) < 4.78 is 5.37. The van der Waals surface area contributed by atoms with Crippen molar-refractivity contribution in [3.8, 4) is 5.75 Å². The second-order valence-electron chi connectivity index (χ2n) is 7.14. The molecule has 4 heterocycles. The molecule has 128 valence electrons. The molecule has 0 aromatic heterocycles. The Hall–Kier alpha value is -1.78. The Bertz CT molecular complexity index is 670. The zero-order chi connectivity index (χ0) is 16.7. The number of benzene rings is 1. The third-order valence-corrected chi connectivity index (χ3v) is 5.99. The first-order chi connectivity index (χ1) is 11.7. The third-order valence-electron chi connectivity index (χ3n) is 5.99. The van der Waals surface area contributed by atoms with Gasteiger partial charge in [0.2, 0.25) is 0 Å². The number of piperidine rings is 3. The summed E-state index contributed by atoms with van der Waals surface area (Å²) in [6.45, 7) is 6.87. The van der Waals surface area contributed by atoms with Gasteiger partial charge in [-0.2, -0.15) is 0 Å². The van der Waals surface area contributed by atoms with E-state index in [2.05, 4.69) is 28.9 Å². The van der Waals surface area contributed by atoms with Crippen LogP contribution < -0.4 is 10.1 Å². The van der Waals surface area contributed by atoms with Crippen LogP contribution >= 0.6 is 0 Å². The van der Waals surface area contributed by atoms with Gasteiger partial charge in [0.05, 0.1) is 13.2 Å². The minimum Gasteiger partial charge on any atom is -0.497 e. The lowest BCUT2D eigenvalue weighted by Crippen LogP contribution is -2.57. The van der Waals surface area contributed by atoms with Crippen LogP contribution in [0.3, 0.4) is 0 Å². The monoisotopic (exact) mass is 326 g/mol. The van der Waals surface area contributed by atoms with Crippen LogP contribution in [0.25, 0.3) is 5.57 Å². The zero-order valence-electron chi connectivity index (χ0n) is 14.2. The van der Waals surface area contributed by atoms with E-state index in [4.69, 9.17) is 4.74 Å². The van der Waals surface area contributed by atoms with E-state index >= 15 is 0 Å². The molecule has 3 saturated heterocycles. The van der Waals surface area contributed by atoms with E-state index in [9.17, 15) is 5.11 Å². The molecule has 5 atom stereocenters. The summed E-state index contributed by atoms with van der Waals surface area (Å²) in [5.74, 6) is 2.07. The van der Waals surface area contributed by atoms with Crippen molar-refractivity contribution in [3.05, 3.63) is 42.5 Å². The average Bonchev–Trinajstić information content (AvgIpc) is 2.66. The van der Waals surface area contributed by atoms with E-state index in [1.807, 2.05) is 18.2 Å². The minimum absolute atomic E-state index is 0.211. The number of aliphatic hydroxyl groups is 1. The van der Waals surface area contributed by atoms with E-state index in [0.29, 0.717) is 11.8 Å². The molecule has 0 amide bonds. The van der Waals surface area contributed by atoms with Gasteiger partial charge in [-0.15, -0.1) is 6.58 Å². The molecule has 3 unspecified atom stereocenters. The highest BCUT2D eigenvalue weighted by Crippen LogP contribution is 2.42. The van der Waals surface area contributed by atoms with Crippen molar-refractivity contribution in [3.63, 3.8) is 0 Å². The lowest BCUT2D eigenvalue weighted by Gasteiger charge is -2.51. The van der Waals surface area contributed by atoms with Crippen molar-refractivity contribution in [2.45, 2.75) is 25.0 Å². The van der Waals surface area contributed by atoms with Crippen LogP contribution in [-0.2, 0) is 0 Å². The summed E-state index contributed by atoms with van der Waals surface area (Å²) in [6.07, 6.45) is 6.06. The fourth-order valence-corrected chi connectivity index (χ4v) is 4.62. The fourth-order valence-electron chi connectivity index (χ4n) is 4.62. The average molecular weight is 326 g/mol. The Labute approximate surface area is 143 Å². The summed E-state index contributed by atoms with van der Waals surface area (Å²) in [4.78, 5) is 2.46.